The van der Waals surface area contributed by atoms with Crippen molar-refractivity contribution in [2.24, 2.45) is 0 Å². The summed E-state index contributed by atoms with van der Waals surface area (Å²) < 4.78 is 6.98. The molecule has 1 aromatic heterocycles. The van der Waals surface area contributed by atoms with E-state index in [1.165, 1.54) is 0 Å². The van der Waals surface area contributed by atoms with E-state index in [0.29, 0.717) is 0 Å². The van der Waals surface area contributed by atoms with E-state index in [9.17, 15) is 4.79 Å². The summed E-state index contributed by atoms with van der Waals surface area (Å²) in [4.78, 5) is 14.7. The summed E-state index contributed by atoms with van der Waals surface area (Å²) in [5.74, 6) is 0.863. The molecule has 24 heavy (non-hydrogen) atoms. The van der Waals surface area contributed by atoms with Crippen LogP contribution in [0.2, 0.25) is 0 Å². The highest BCUT2D eigenvalue weighted by atomic mass is 16.5. The molecule has 3 rings (SSSR count). The first-order valence-electron chi connectivity index (χ1n) is 8.36. The summed E-state index contributed by atoms with van der Waals surface area (Å²) in [6.45, 7) is 3.67. The first-order valence-corrected chi connectivity index (χ1v) is 8.36. The van der Waals surface area contributed by atoms with Crippen molar-refractivity contribution in [1.82, 2.24) is 15.1 Å². The van der Waals surface area contributed by atoms with Gasteiger partial charge < -0.3 is 15.0 Å². The van der Waals surface area contributed by atoms with Gasteiger partial charge in [0.15, 0.2) is 0 Å². The number of aromatic nitrogens is 2. The molecular weight excluding hydrogens is 304 g/mol. The van der Waals surface area contributed by atoms with Crippen LogP contribution in [0.5, 0.6) is 5.75 Å². The number of anilines is 1. The van der Waals surface area contributed by atoms with Crippen molar-refractivity contribution in [2.75, 3.05) is 25.1 Å². The highest BCUT2D eigenvalue weighted by Crippen LogP contribution is 2.24. The van der Waals surface area contributed by atoms with Crippen LogP contribution in [-0.4, -0.2) is 41.9 Å². The highest BCUT2D eigenvalue weighted by molar-refractivity contribution is 5.80. The molecule has 0 radical (unpaired) electrons. The normalized spacial score (nSPS) is 18.9. The quantitative estimate of drug-likeness (QED) is 0.914. The van der Waals surface area contributed by atoms with Gasteiger partial charge in [-0.3, -0.25) is 9.48 Å². The minimum atomic E-state index is -0.299. The summed E-state index contributed by atoms with van der Waals surface area (Å²) in [6.07, 6.45) is 5.55. The third-order valence-corrected chi connectivity index (χ3v) is 4.49. The van der Waals surface area contributed by atoms with Crippen LogP contribution in [0.15, 0.2) is 42.7 Å². The Hall–Kier alpha value is -2.50. The average Bonchev–Trinajstić information content (AvgIpc) is 3.16. The summed E-state index contributed by atoms with van der Waals surface area (Å²) >= 11 is 0. The maximum Gasteiger partial charge on any atom is 0.244 e. The zero-order chi connectivity index (χ0) is 16.9. The van der Waals surface area contributed by atoms with E-state index in [1.807, 2.05) is 37.4 Å². The van der Waals surface area contributed by atoms with Crippen molar-refractivity contribution in [2.45, 2.75) is 31.8 Å². The topological polar surface area (TPSA) is 59.4 Å². The number of nitrogens with one attached hydrogen (secondary N) is 1. The van der Waals surface area contributed by atoms with E-state index < -0.39 is 0 Å². The Labute approximate surface area is 142 Å². The summed E-state index contributed by atoms with van der Waals surface area (Å²) in [5.41, 5.74) is 1.13. The fourth-order valence-electron chi connectivity index (χ4n) is 3.09. The van der Waals surface area contributed by atoms with Gasteiger partial charge in [0, 0.05) is 43.3 Å². The molecule has 0 saturated carbocycles. The van der Waals surface area contributed by atoms with E-state index in [1.54, 1.807) is 18.0 Å². The van der Waals surface area contributed by atoms with Crippen molar-refractivity contribution in [3.63, 3.8) is 0 Å². The zero-order valence-electron chi connectivity index (χ0n) is 14.2. The molecule has 1 saturated heterocycles. The molecule has 0 bridgehead atoms. The summed E-state index contributed by atoms with van der Waals surface area (Å²) in [6, 6.07) is 9.74. The van der Waals surface area contributed by atoms with Gasteiger partial charge in [0.1, 0.15) is 11.8 Å². The van der Waals surface area contributed by atoms with Crippen molar-refractivity contribution in [3.05, 3.63) is 42.7 Å². The van der Waals surface area contributed by atoms with Crippen LogP contribution in [0, 0.1) is 0 Å². The van der Waals surface area contributed by atoms with E-state index in [0.717, 1.165) is 37.4 Å². The summed E-state index contributed by atoms with van der Waals surface area (Å²) in [5, 5.41) is 7.31. The van der Waals surface area contributed by atoms with Gasteiger partial charge in [-0.25, -0.2) is 0 Å². The van der Waals surface area contributed by atoms with Crippen LogP contribution in [0.3, 0.4) is 0 Å². The lowest BCUT2D eigenvalue weighted by Gasteiger charge is -2.35. The van der Waals surface area contributed by atoms with Gasteiger partial charge in [-0.2, -0.15) is 5.10 Å². The molecule has 1 aliphatic heterocycles. The second-order valence-corrected chi connectivity index (χ2v) is 6.16. The van der Waals surface area contributed by atoms with E-state index in [4.69, 9.17) is 4.74 Å². The molecule has 2 heterocycles. The molecule has 6 heteroatoms. The molecule has 0 aliphatic carbocycles. The minimum Gasteiger partial charge on any atom is -0.497 e. The molecule has 2 atom stereocenters. The maximum atomic E-state index is 12.4. The van der Waals surface area contributed by atoms with Gasteiger partial charge in [0.05, 0.1) is 7.11 Å². The lowest BCUT2D eigenvalue weighted by atomic mass is 10.0. The molecule has 1 amide bonds. The number of carbonyl (C=O) groups is 1. The standard InChI is InChI=1S/C18H24N4O2/c1-14(22-11-5-9-19-22)18(23)20-15-6-4-10-21(13-15)16-7-3-8-17(12-16)24-2/h3,5,7-9,11-12,14-15H,4,6,10,13H2,1-2H3,(H,20,23)/t14-,15-/m0/s1. The molecule has 128 valence electrons. The van der Waals surface area contributed by atoms with E-state index >= 15 is 0 Å². The van der Waals surface area contributed by atoms with Gasteiger partial charge in [0.25, 0.3) is 0 Å². The lowest BCUT2D eigenvalue weighted by molar-refractivity contribution is -0.124. The van der Waals surface area contributed by atoms with Crippen LogP contribution < -0.4 is 15.0 Å². The number of amides is 1. The first kappa shape index (κ1) is 16.4. The number of benzene rings is 1. The van der Waals surface area contributed by atoms with Gasteiger partial charge in [-0.15, -0.1) is 0 Å². The maximum absolute atomic E-state index is 12.4. The molecule has 2 aromatic rings. The molecule has 1 aromatic carbocycles. The number of methoxy groups -OCH3 is 1. The molecule has 1 N–H and O–H groups in total. The van der Waals surface area contributed by atoms with Crippen molar-refractivity contribution in [1.29, 1.82) is 0 Å². The Morgan fingerprint density at radius 3 is 3.04 bits per heavy atom. The molecule has 6 nitrogen and oxygen atoms in total. The third kappa shape index (κ3) is 3.69. The van der Waals surface area contributed by atoms with Gasteiger partial charge in [-0.05, 0) is 38.0 Å². The highest BCUT2D eigenvalue weighted by Gasteiger charge is 2.24. The summed E-state index contributed by atoms with van der Waals surface area (Å²) in [7, 11) is 1.68. The Balaban J connectivity index is 1.62. The van der Waals surface area contributed by atoms with E-state index in [-0.39, 0.29) is 18.0 Å². The van der Waals surface area contributed by atoms with Crippen LogP contribution in [0.1, 0.15) is 25.8 Å². The number of ether oxygens (including phenoxy) is 1. The molecule has 0 unspecified atom stereocenters. The number of nitrogens with zero attached hydrogens (tertiary/aromatic N) is 3. The predicted octanol–water partition coefficient (Wildman–Crippen LogP) is 2.24. The number of carbonyl (C=O) groups excluding carboxylic acids is 1. The van der Waals surface area contributed by atoms with Crippen LogP contribution in [0.25, 0.3) is 0 Å². The van der Waals surface area contributed by atoms with E-state index in [2.05, 4.69) is 21.4 Å². The van der Waals surface area contributed by atoms with Crippen LogP contribution in [0.4, 0.5) is 5.69 Å². The second kappa shape index (κ2) is 7.38. The Bertz CT molecular complexity index is 671. The number of hydrogen-bond acceptors (Lipinski definition) is 4. The number of rotatable bonds is 5. The van der Waals surface area contributed by atoms with Crippen molar-refractivity contribution < 1.29 is 9.53 Å². The lowest BCUT2D eigenvalue weighted by Crippen LogP contribution is -2.49. The second-order valence-electron chi connectivity index (χ2n) is 6.16. The van der Waals surface area contributed by atoms with Crippen molar-refractivity contribution >= 4 is 11.6 Å². The van der Waals surface area contributed by atoms with Gasteiger partial charge in [0.2, 0.25) is 5.91 Å². The smallest absolute Gasteiger partial charge is 0.244 e. The average molecular weight is 328 g/mol. The molecule has 0 spiro atoms. The third-order valence-electron chi connectivity index (χ3n) is 4.49. The minimum absolute atomic E-state index is 0.0104. The molecular formula is C18H24N4O2. The van der Waals surface area contributed by atoms with Crippen LogP contribution >= 0.6 is 0 Å². The fraction of sp³-hybridized carbons (Fsp3) is 0.444. The Kier molecular flexibility index (Phi) is 5.03. The Morgan fingerprint density at radius 2 is 2.29 bits per heavy atom. The Morgan fingerprint density at radius 1 is 1.42 bits per heavy atom. The predicted molar refractivity (Wildman–Crippen MR) is 93.3 cm³/mol. The largest absolute Gasteiger partial charge is 0.497 e. The zero-order valence-corrected chi connectivity index (χ0v) is 14.2. The first-order chi connectivity index (χ1) is 11.7. The SMILES string of the molecule is COc1cccc(N2CCC[C@H](NC(=O)[C@H](C)n3cccn3)C2)c1. The monoisotopic (exact) mass is 328 g/mol. The fourth-order valence-corrected chi connectivity index (χ4v) is 3.09. The van der Waals surface area contributed by atoms with Crippen LogP contribution in [-0.2, 0) is 4.79 Å². The van der Waals surface area contributed by atoms with Gasteiger partial charge >= 0.3 is 0 Å². The molecule has 1 fully saturated rings. The molecule has 1 aliphatic rings. The number of piperidine rings is 1. The van der Waals surface area contributed by atoms with Crippen molar-refractivity contribution in [3.8, 4) is 5.75 Å². The number of hydrogen-bond donors (Lipinski definition) is 1. The van der Waals surface area contributed by atoms with Gasteiger partial charge in [-0.1, -0.05) is 6.07 Å².